The number of benzene rings is 3. The van der Waals surface area contributed by atoms with E-state index in [0.29, 0.717) is 30.3 Å². The third-order valence-electron chi connectivity index (χ3n) is 5.51. The second kappa shape index (κ2) is 11.4. The lowest BCUT2D eigenvalue weighted by molar-refractivity contribution is -0.127. The number of carbonyl (C=O) groups excluding carboxylic acids is 3. The molecule has 1 saturated heterocycles. The average molecular weight is 504 g/mol. The Morgan fingerprint density at radius 2 is 1.78 bits per heavy atom. The van der Waals surface area contributed by atoms with Crippen molar-refractivity contribution in [1.82, 2.24) is 10.2 Å². The molecule has 0 aromatic heterocycles. The molecule has 4 amide bonds. The summed E-state index contributed by atoms with van der Waals surface area (Å²) < 4.78 is 25.4. The Kier molecular flexibility index (Phi) is 7.83. The number of para-hydroxylation sites is 1. The lowest BCUT2D eigenvalue weighted by Gasteiger charge is -2.13. The van der Waals surface area contributed by atoms with Crippen LogP contribution in [0.25, 0.3) is 6.08 Å². The summed E-state index contributed by atoms with van der Waals surface area (Å²) in [5, 5.41) is 4.83. The Morgan fingerprint density at radius 1 is 1.03 bits per heavy atom. The van der Waals surface area contributed by atoms with Gasteiger partial charge >= 0.3 is 6.03 Å². The van der Waals surface area contributed by atoms with Gasteiger partial charge in [0.05, 0.1) is 12.3 Å². The number of hydrogen-bond acceptors (Lipinski definition) is 5. The number of nitrogens with zero attached hydrogens (tertiary/aromatic N) is 1. The summed E-state index contributed by atoms with van der Waals surface area (Å²) in [7, 11) is 0. The van der Waals surface area contributed by atoms with Gasteiger partial charge in [-0.25, -0.2) is 14.1 Å². The van der Waals surface area contributed by atoms with Gasteiger partial charge < -0.3 is 20.1 Å². The molecule has 0 bridgehead atoms. The van der Waals surface area contributed by atoms with Crippen molar-refractivity contribution in [3.05, 3.63) is 94.9 Å². The van der Waals surface area contributed by atoms with Crippen LogP contribution in [0.3, 0.4) is 0 Å². The fraction of sp³-hybridized carbons (Fsp3) is 0.179. The first-order valence-corrected chi connectivity index (χ1v) is 11.7. The number of imide groups is 1. The molecule has 1 fully saturated rings. The number of urea groups is 1. The maximum Gasteiger partial charge on any atom is 0.329 e. The van der Waals surface area contributed by atoms with Crippen molar-refractivity contribution in [1.29, 1.82) is 0 Å². The number of ether oxygens (including phenoxy) is 2. The van der Waals surface area contributed by atoms with Gasteiger partial charge in [0.1, 0.15) is 24.7 Å². The van der Waals surface area contributed by atoms with Crippen LogP contribution in [-0.4, -0.2) is 35.9 Å². The highest BCUT2D eigenvalue weighted by atomic mass is 19.1. The van der Waals surface area contributed by atoms with Crippen LogP contribution in [0.5, 0.6) is 11.5 Å². The van der Waals surface area contributed by atoms with Gasteiger partial charge in [-0.3, -0.25) is 9.59 Å². The molecule has 0 radical (unpaired) electrons. The van der Waals surface area contributed by atoms with Crippen LogP contribution in [0.2, 0.25) is 0 Å². The van der Waals surface area contributed by atoms with Crippen LogP contribution in [0.4, 0.5) is 14.9 Å². The average Bonchev–Trinajstić information content (AvgIpc) is 3.13. The first kappa shape index (κ1) is 25.4. The van der Waals surface area contributed by atoms with Gasteiger partial charge in [0.25, 0.3) is 5.91 Å². The molecule has 0 spiro atoms. The number of amides is 4. The predicted octanol–water partition coefficient (Wildman–Crippen LogP) is 4.64. The van der Waals surface area contributed by atoms with E-state index >= 15 is 0 Å². The zero-order valence-corrected chi connectivity index (χ0v) is 20.4. The van der Waals surface area contributed by atoms with E-state index in [9.17, 15) is 18.8 Å². The summed E-state index contributed by atoms with van der Waals surface area (Å²) >= 11 is 0. The van der Waals surface area contributed by atoms with E-state index in [0.717, 1.165) is 16.0 Å². The molecule has 3 aromatic carbocycles. The Hall–Kier alpha value is -4.66. The van der Waals surface area contributed by atoms with E-state index in [4.69, 9.17) is 9.47 Å². The number of nitrogens with one attached hydrogen (secondary N) is 2. The maximum atomic E-state index is 13.8. The van der Waals surface area contributed by atoms with Crippen molar-refractivity contribution >= 4 is 29.6 Å². The quantitative estimate of drug-likeness (QED) is 0.328. The molecule has 0 atom stereocenters. The van der Waals surface area contributed by atoms with E-state index < -0.39 is 30.2 Å². The number of rotatable bonds is 9. The van der Waals surface area contributed by atoms with Crippen LogP contribution in [-0.2, 0) is 16.2 Å². The van der Waals surface area contributed by atoms with E-state index in [1.165, 1.54) is 24.3 Å². The zero-order valence-electron chi connectivity index (χ0n) is 20.4. The number of anilines is 1. The number of aryl methyl sites for hydroxylation is 1. The second-order valence-electron chi connectivity index (χ2n) is 8.32. The van der Waals surface area contributed by atoms with Crippen molar-refractivity contribution in [3.8, 4) is 11.5 Å². The van der Waals surface area contributed by atoms with Crippen LogP contribution < -0.4 is 20.1 Å². The molecule has 9 heteroatoms. The molecule has 1 aliphatic heterocycles. The summed E-state index contributed by atoms with van der Waals surface area (Å²) in [6, 6.07) is 18.0. The largest absolute Gasteiger partial charge is 0.490 e. The summed E-state index contributed by atoms with van der Waals surface area (Å²) in [6.45, 7) is 4.06. The topological polar surface area (TPSA) is 97.0 Å². The molecule has 37 heavy (non-hydrogen) atoms. The minimum atomic E-state index is -0.747. The molecule has 1 aliphatic rings. The molecule has 0 saturated carbocycles. The number of halogens is 1. The third kappa shape index (κ3) is 6.32. The van der Waals surface area contributed by atoms with Crippen molar-refractivity contribution in [2.75, 3.05) is 18.5 Å². The summed E-state index contributed by atoms with van der Waals surface area (Å²) in [5.74, 6) is -0.973. The van der Waals surface area contributed by atoms with Crippen LogP contribution in [0.15, 0.2) is 72.4 Å². The van der Waals surface area contributed by atoms with Crippen molar-refractivity contribution in [2.45, 2.75) is 20.5 Å². The first-order chi connectivity index (χ1) is 17.8. The normalized spacial score (nSPS) is 14.0. The monoisotopic (exact) mass is 503 g/mol. The van der Waals surface area contributed by atoms with Gasteiger partial charge in [-0.1, -0.05) is 48.0 Å². The molecule has 0 aliphatic carbocycles. The van der Waals surface area contributed by atoms with Gasteiger partial charge in [-0.2, -0.15) is 0 Å². The molecule has 8 nitrogen and oxygen atoms in total. The van der Waals surface area contributed by atoms with Gasteiger partial charge in [0.2, 0.25) is 5.91 Å². The Labute approximate surface area is 213 Å². The lowest BCUT2D eigenvalue weighted by Crippen LogP contribution is -2.38. The molecular formula is C28H26FN3O5. The smallest absolute Gasteiger partial charge is 0.329 e. The fourth-order valence-corrected chi connectivity index (χ4v) is 3.63. The fourth-order valence-electron chi connectivity index (χ4n) is 3.63. The van der Waals surface area contributed by atoms with Crippen molar-refractivity contribution in [2.24, 2.45) is 0 Å². The van der Waals surface area contributed by atoms with Gasteiger partial charge in [0, 0.05) is 0 Å². The molecule has 190 valence electrons. The number of carbonyl (C=O) groups is 3. The summed E-state index contributed by atoms with van der Waals surface area (Å²) in [6.07, 6.45) is 1.49. The minimum Gasteiger partial charge on any atom is -0.490 e. The first-order valence-electron chi connectivity index (χ1n) is 11.7. The van der Waals surface area contributed by atoms with Gasteiger partial charge in [0.15, 0.2) is 11.5 Å². The Morgan fingerprint density at radius 3 is 2.51 bits per heavy atom. The Bertz CT molecular complexity index is 1350. The standard InChI is InChI=1S/C28H26FN3O5/c1-3-36-25-15-20(12-13-24(25)37-17-19-10-8-18(2)9-11-19)14-23-27(34)32(28(35)31-23)16-26(33)30-22-7-5-4-6-21(22)29/h4-15H,3,16-17H2,1-2H3,(H,30,33)(H,31,35)/b23-14+. The zero-order chi connectivity index (χ0) is 26.4. The predicted molar refractivity (Wildman–Crippen MR) is 136 cm³/mol. The van der Waals surface area contributed by atoms with E-state index in [1.54, 1.807) is 24.3 Å². The summed E-state index contributed by atoms with van der Waals surface area (Å²) in [4.78, 5) is 38.2. The summed E-state index contributed by atoms with van der Waals surface area (Å²) in [5.41, 5.74) is 2.72. The van der Waals surface area contributed by atoms with Crippen LogP contribution in [0.1, 0.15) is 23.6 Å². The van der Waals surface area contributed by atoms with Crippen molar-refractivity contribution < 1.29 is 28.2 Å². The lowest BCUT2D eigenvalue weighted by atomic mass is 10.1. The SMILES string of the molecule is CCOc1cc(/C=C2/NC(=O)N(CC(=O)Nc3ccccc3F)C2=O)ccc1OCc1ccc(C)cc1. The highest BCUT2D eigenvalue weighted by Crippen LogP contribution is 2.30. The van der Waals surface area contributed by atoms with Gasteiger partial charge in [-0.05, 0) is 55.3 Å². The van der Waals surface area contributed by atoms with Crippen molar-refractivity contribution in [3.63, 3.8) is 0 Å². The molecule has 4 rings (SSSR count). The second-order valence-corrected chi connectivity index (χ2v) is 8.32. The highest BCUT2D eigenvalue weighted by Gasteiger charge is 2.35. The third-order valence-corrected chi connectivity index (χ3v) is 5.51. The molecule has 1 heterocycles. The molecule has 2 N–H and O–H groups in total. The molecule has 3 aromatic rings. The number of hydrogen-bond donors (Lipinski definition) is 2. The minimum absolute atomic E-state index is 0.000496. The van der Waals surface area contributed by atoms with Crippen LogP contribution >= 0.6 is 0 Å². The Balaban J connectivity index is 1.45. The molecular weight excluding hydrogens is 477 g/mol. The van der Waals surface area contributed by atoms with Gasteiger partial charge in [-0.15, -0.1) is 0 Å². The van der Waals surface area contributed by atoms with E-state index in [2.05, 4.69) is 10.6 Å². The van der Waals surface area contributed by atoms with E-state index in [1.807, 2.05) is 38.1 Å². The highest BCUT2D eigenvalue weighted by molar-refractivity contribution is 6.16. The van der Waals surface area contributed by atoms with Crippen LogP contribution in [0, 0.1) is 12.7 Å². The maximum absolute atomic E-state index is 13.8. The molecule has 0 unspecified atom stereocenters. The van der Waals surface area contributed by atoms with E-state index in [-0.39, 0.29) is 11.4 Å².